The van der Waals surface area contributed by atoms with E-state index in [2.05, 4.69) is 23.3 Å². The molecule has 0 saturated heterocycles. The standard InChI is InChI=1S/C23H20FN3O/c24-18-4-6-19(7-5-18)27-22-11-15-2-1-3-17-12-20(28)8-9-23(17,14-25)21(15)10-16(22)13-26-27/h4-7,10-11,13,17H,1-3,8-9,12H2/t17-,23-/m0/s1. The topological polar surface area (TPSA) is 58.7 Å². The van der Waals surface area contributed by atoms with Gasteiger partial charge in [0.15, 0.2) is 0 Å². The lowest BCUT2D eigenvalue weighted by Crippen LogP contribution is -2.39. The number of carbonyl (C=O) groups is 1. The molecule has 0 aliphatic heterocycles. The lowest BCUT2D eigenvalue weighted by molar-refractivity contribution is -0.122. The fourth-order valence-corrected chi connectivity index (χ4v) is 5.07. The van der Waals surface area contributed by atoms with Crippen molar-refractivity contribution < 1.29 is 9.18 Å². The number of nitriles is 1. The van der Waals surface area contributed by atoms with Crippen LogP contribution in [0.25, 0.3) is 16.6 Å². The number of Topliss-reactive ketones (excluding diaryl/α,β-unsaturated/α-hetero) is 1. The number of aryl methyl sites for hydroxylation is 1. The summed E-state index contributed by atoms with van der Waals surface area (Å²) in [6.45, 7) is 0. The van der Waals surface area contributed by atoms with Crippen molar-refractivity contribution in [3.63, 3.8) is 0 Å². The van der Waals surface area contributed by atoms with Gasteiger partial charge in [-0.25, -0.2) is 9.07 Å². The molecule has 140 valence electrons. The van der Waals surface area contributed by atoms with Gasteiger partial charge in [0.05, 0.1) is 28.9 Å². The van der Waals surface area contributed by atoms with Gasteiger partial charge in [0.2, 0.25) is 0 Å². The summed E-state index contributed by atoms with van der Waals surface area (Å²) in [7, 11) is 0. The second kappa shape index (κ2) is 6.27. The minimum Gasteiger partial charge on any atom is -0.300 e. The number of fused-ring (bicyclic) bond motifs is 4. The Bertz CT molecular complexity index is 1130. The normalized spacial score (nSPS) is 24.3. The van der Waals surface area contributed by atoms with Gasteiger partial charge < -0.3 is 0 Å². The van der Waals surface area contributed by atoms with Gasteiger partial charge in [0, 0.05) is 18.2 Å². The van der Waals surface area contributed by atoms with Crippen LogP contribution in [0.3, 0.4) is 0 Å². The van der Waals surface area contributed by atoms with E-state index in [0.29, 0.717) is 19.3 Å². The summed E-state index contributed by atoms with van der Waals surface area (Å²) in [5.74, 6) is 0.108. The van der Waals surface area contributed by atoms with Gasteiger partial charge in [-0.3, -0.25) is 4.79 Å². The quantitative estimate of drug-likeness (QED) is 0.625. The molecule has 2 aromatic carbocycles. The van der Waals surface area contributed by atoms with Gasteiger partial charge in [0.1, 0.15) is 11.6 Å². The molecule has 5 heteroatoms. The maximum Gasteiger partial charge on any atom is 0.133 e. The number of nitrogens with zero attached hydrogens (tertiary/aromatic N) is 3. The van der Waals surface area contributed by atoms with Gasteiger partial charge in [-0.2, -0.15) is 10.4 Å². The van der Waals surface area contributed by atoms with Crippen LogP contribution >= 0.6 is 0 Å². The Morgan fingerprint density at radius 2 is 2.04 bits per heavy atom. The summed E-state index contributed by atoms with van der Waals surface area (Å²) in [4.78, 5) is 12.0. The predicted octanol–water partition coefficient (Wildman–Crippen LogP) is 4.63. The molecule has 0 spiro atoms. The van der Waals surface area contributed by atoms with Crippen LogP contribution in [0.4, 0.5) is 4.39 Å². The average molecular weight is 373 g/mol. The van der Waals surface area contributed by atoms with Crippen molar-refractivity contribution in [3.05, 3.63) is 59.5 Å². The molecular formula is C23H20FN3O. The molecular weight excluding hydrogens is 353 g/mol. The van der Waals surface area contributed by atoms with E-state index in [4.69, 9.17) is 0 Å². The van der Waals surface area contributed by atoms with Crippen LogP contribution in [0.1, 0.15) is 43.2 Å². The number of hydrogen-bond donors (Lipinski definition) is 0. The zero-order valence-corrected chi connectivity index (χ0v) is 15.5. The smallest absolute Gasteiger partial charge is 0.133 e. The molecule has 0 amide bonds. The van der Waals surface area contributed by atoms with Crippen LogP contribution in [0.2, 0.25) is 0 Å². The first kappa shape index (κ1) is 17.1. The molecule has 1 aromatic heterocycles. The van der Waals surface area contributed by atoms with Crippen molar-refractivity contribution >= 4 is 16.7 Å². The number of rotatable bonds is 1. The highest BCUT2D eigenvalue weighted by Crippen LogP contribution is 2.48. The lowest BCUT2D eigenvalue weighted by Gasteiger charge is -2.38. The van der Waals surface area contributed by atoms with E-state index in [1.165, 1.54) is 17.7 Å². The summed E-state index contributed by atoms with van der Waals surface area (Å²) in [5, 5.41) is 15.7. The van der Waals surface area contributed by atoms with Gasteiger partial charge in [-0.05, 0) is 79.1 Å². The van der Waals surface area contributed by atoms with Crippen molar-refractivity contribution in [2.45, 2.75) is 43.9 Å². The maximum absolute atomic E-state index is 13.3. The molecule has 5 rings (SSSR count). The van der Waals surface area contributed by atoms with Gasteiger partial charge in [0.25, 0.3) is 0 Å². The van der Waals surface area contributed by atoms with Crippen LogP contribution in [0.15, 0.2) is 42.6 Å². The Morgan fingerprint density at radius 3 is 2.82 bits per heavy atom. The van der Waals surface area contributed by atoms with Gasteiger partial charge in [-0.15, -0.1) is 0 Å². The first-order chi connectivity index (χ1) is 13.6. The number of aromatic nitrogens is 2. The average Bonchev–Trinajstić information content (AvgIpc) is 3.04. The number of ketones is 1. The molecule has 1 saturated carbocycles. The highest BCUT2D eigenvalue weighted by molar-refractivity contribution is 5.84. The van der Waals surface area contributed by atoms with Crippen LogP contribution in [0.5, 0.6) is 0 Å². The van der Waals surface area contributed by atoms with Crippen LogP contribution in [-0.4, -0.2) is 15.6 Å². The predicted molar refractivity (Wildman–Crippen MR) is 104 cm³/mol. The van der Waals surface area contributed by atoms with E-state index in [1.807, 2.05) is 4.68 Å². The molecule has 0 radical (unpaired) electrons. The third-order valence-corrected chi connectivity index (χ3v) is 6.51. The highest BCUT2D eigenvalue weighted by atomic mass is 19.1. The first-order valence-corrected chi connectivity index (χ1v) is 9.81. The highest BCUT2D eigenvalue weighted by Gasteiger charge is 2.47. The van der Waals surface area contributed by atoms with Crippen molar-refractivity contribution in [1.82, 2.24) is 9.78 Å². The largest absolute Gasteiger partial charge is 0.300 e. The van der Waals surface area contributed by atoms with Crippen molar-refractivity contribution in [2.24, 2.45) is 5.92 Å². The minimum absolute atomic E-state index is 0.101. The molecule has 0 unspecified atom stereocenters. The first-order valence-electron chi connectivity index (χ1n) is 9.81. The Morgan fingerprint density at radius 1 is 1.21 bits per heavy atom. The minimum atomic E-state index is -0.577. The molecule has 2 aliphatic rings. The molecule has 4 nitrogen and oxygen atoms in total. The summed E-state index contributed by atoms with van der Waals surface area (Å²) in [6, 6.07) is 13.2. The molecule has 2 atom stereocenters. The molecule has 0 bridgehead atoms. The second-order valence-corrected chi connectivity index (χ2v) is 8.02. The zero-order valence-electron chi connectivity index (χ0n) is 15.5. The Labute approximate surface area is 162 Å². The van der Waals surface area contributed by atoms with E-state index in [1.54, 1.807) is 18.3 Å². The fraction of sp³-hybridized carbons (Fsp3) is 0.348. The lowest BCUT2D eigenvalue weighted by atomic mass is 9.62. The molecule has 28 heavy (non-hydrogen) atoms. The SMILES string of the molecule is N#C[C@@]12CCC(=O)C[C@@H]1CCCc1cc3c(cnn3-c3ccc(F)cc3)cc12. The van der Waals surface area contributed by atoms with Crippen LogP contribution in [0, 0.1) is 23.1 Å². The van der Waals surface area contributed by atoms with Crippen molar-refractivity contribution in [3.8, 4) is 11.8 Å². The molecule has 0 N–H and O–H groups in total. The Hall–Kier alpha value is -3.00. The number of benzene rings is 2. The van der Waals surface area contributed by atoms with Crippen LogP contribution in [-0.2, 0) is 16.6 Å². The van der Waals surface area contributed by atoms with E-state index >= 15 is 0 Å². The number of carbonyl (C=O) groups excluding carboxylic acids is 1. The summed E-state index contributed by atoms with van der Waals surface area (Å²) in [5.41, 5.74) is 3.45. The zero-order chi connectivity index (χ0) is 19.3. The van der Waals surface area contributed by atoms with Crippen molar-refractivity contribution in [1.29, 1.82) is 5.26 Å². The monoisotopic (exact) mass is 373 g/mol. The number of hydrogen-bond acceptors (Lipinski definition) is 3. The van der Waals surface area contributed by atoms with Crippen LogP contribution < -0.4 is 0 Å². The van der Waals surface area contributed by atoms with Gasteiger partial charge >= 0.3 is 0 Å². The third kappa shape index (κ3) is 2.48. The molecule has 1 fully saturated rings. The third-order valence-electron chi connectivity index (χ3n) is 6.51. The summed E-state index contributed by atoms with van der Waals surface area (Å²) < 4.78 is 15.1. The van der Waals surface area contributed by atoms with E-state index < -0.39 is 5.41 Å². The Balaban J connectivity index is 1.69. The molecule has 1 heterocycles. The molecule has 2 aliphatic carbocycles. The molecule has 3 aromatic rings. The second-order valence-electron chi connectivity index (χ2n) is 8.02. The number of halogens is 1. The van der Waals surface area contributed by atoms with Crippen molar-refractivity contribution in [2.75, 3.05) is 0 Å². The maximum atomic E-state index is 13.3. The van der Waals surface area contributed by atoms with Gasteiger partial charge in [-0.1, -0.05) is 0 Å². The van der Waals surface area contributed by atoms with E-state index in [-0.39, 0.29) is 17.5 Å². The summed E-state index contributed by atoms with van der Waals surface area (Å²) >= 11 is 0. The Kier molecular flexibility index (Phi) is 3.83. The fourth-order valence-electron chi connectivity index (χ4n) is 5.07. The van der Waals surface area contributed by atoms with E-state index in [0.717, 1.165) is 41.4 Å². The van der Waals surface area contributed by atoms with E-state index in [9.17, 15) is 14.4 Å². The summed E-state index contributed by atoms with van der Waals surface area (Å²) in [6.07, 6.45) is 6.19.